The maximum Gasteiger partial charge on any atom is 0.0171 e. The lowest BCUT2D eigenvalue weighted by Gasteiger charge is -2.01. The van der Waals surface area contributed by atoms with Crippen molar-refractivity contribution in [3.8, 4) is 0 Å². The van der Waals surface area contributed by atoms with Crippen molar-refractivity contribution < 1.29 is 0 Å². The zero-order valence-corrected chi connectivity index (χ0v) is 16.6. The smallest absolute Gasteiger partial charge is 0.0171 e. The van der Waals surface area contributed by atoms with Crippen LogP contribution in [0.3, 0.4) is 0 Å². The van der Waals surface area contributed by atoms with E-state index in [-0.39, 0.29) is 0 Å². The average molecular weight is 518 g/mol. The van der Waals surface area contributed by atoms with Crippen LogP contribution in [0.4, 0.5) is 0 Å². The summed E-state index contributed by atoms with van der Waals surface area (Å²) >= 11 is 6.76. The van der Waals surface area contributed by atoms with E-state index in [2.05, 4.69) is 118 Å². The molecule has 0 saturated heterocycles. The van der Waals surface area contributed by atoms with Gasteiger partial charge in [-0.25, -0.2) is 0 Å². The topological polar surface area (TPSA) is 0 Å². The predicted octanol–water partition coefficient (Wildman–Crippen LogP) is 6.67. The fourth-order valence-corrected chi connectivity index (χ4v) is 4.23. The molecule has 3 heteroatoms. The largest absolute Gasteiger partial charge is 0.154 e. The third kappa shape index (κ3) is 6.16. The van der Waals surface area contributed by atoms with Gasteiger partial charge in [-0.2, -0.15) is 11.8 Å². The highest BCUT2D eigenvalue weighted by Crippen LogP contribution is 2.24. The first-order valence-corrected chi connectivity index (χ1v) is 9.98. The molecule has 0 saturated carbocycles. The van der Waals surface area contributed by atoms with Crippen molar-refractivity contribution in [3.05, 3.63) is 83.9 Å². The van der Waals surface area contributed by atoms with E-state index < -0.39 is 0 Å². The summed E-state index contributed by atoms with van der Waals surface area (Å²) in [7, 11) is 0. The zero-order chi connectivity index (χ0) is 14.9. The summed E-state index contributed by atoms with van der Waals surface area (Å²) in [5.74, 6) is 2.09. The van der Waals surface area contributed by atoms with Crippen LogP contribution in [0.25, 0.3) is 7.16 Å². The highest BCUT2D eigenvalue weighted by molar-refractivity contribution is 14.1. The second-order valence-corrected chi connectivity index (χ2v) is 7.77. The zero-order valence-electron chi connectivity index (χ0n) is 11.5. The molecular formula is C18H16I2S. The molecule has 0 bridgehead atoms. The Kier molecular flexibility index (Phi) is 7.88. The average Bonchev–Trinajstić information content (AvgIpc) is 2.55. The maximum absolute atomic E-state index is 2.41. The van der Waals surface area contributed by atoms with Crippen LogP contribution in [0.5, 0.6) is 0 Å². The fourth-order valence-electron chi connectivity index (χ4n) is 1.76. The molecule has 0 atom stereocenters. The number of rotatable bonds is 6. The molecule has 0 aliphatic heterocycles. The molecule has 0 aliphatic rings. The third-order valence-electron chi connectivity index (χ3n) is 2.86. The van der Waals surface area contributed by atoms with Gasteiger partial charge in [-0.15, -0.1) is 0 Å². The van der Waals surface area contributed by atoms with Gasteiger partial charge in [0, 0.05) is 18.7 Å². The van der Waals surface area contributed by atoms with Crippen molar-refractivity contribution in [1.82, 2.24) is 0 Å². The van der Waals surface area contributed by atoms with Gasteiger partial charge in [-0.3, -0.25) is 0 Å². The lowest BCUT2D eigenvalue weighted by atomic mass is 10.2. The third-order valence-corrected chi connectivity index (χ3v) is 5.79. The van der Waals surface area contributed by atoms with Gasteiger partial charge in [0.05, 0.1) is 0 Å². The molecule has 2 rings (SSSR count). The molecule has 2 aromatic rings. The van der Waals surface area contributed by atoms with Crippen LogP contribution >= 0.6 is 56.9 Å². The first-order valence-electron chi connectivity index (χ1n) is 6.67. The highest BCUT2D eigenvalue weighted by atomic mass is 127. The van der Waals surface area contributed by atoms with Crippen LogP contribution in [-0.2, 0) is 0 Å². The summed E-state index contributed by atoms with van der Waals surface area (Å²) in [6.45, 7) is 0. The first kappa shape index (κ1) is 17.1. The molecular weight excluding hydrogens is 502 g/mol. The molecule has 0 nitrogen and oxygen atoms in total. The molecule has 0 unspecified atom stereocenters. The van der Waals surface area contributed by atoms with Crippen LogP contribution in [0, 0.1) is 0 Å². The van der Waals surface area contributed by atoms with Gasteiger partial charge >= 0.3 is 0 Å². The summed E-state index contributed by atoms with van der Waals surface area (Å²) < 4.78 is 2.64. The first-order chi connectivity index (χ1) is 10.3. The summed E-state index contributed by atoms with van der Waals surface area (Å²) in [6, 6.07) is 21.1. The number of thioether (sulfide) groups is 1. The van der Waals surface area contributed by atoms with Crippen molar-refractivity contribution in [2.45, 2.75) is 0 Å². The van der Waals surface area contributed by atoms with Gasteiger partial charge in [0.2, 0.25) is 0 Å². The molecule has 0 aromatic heterocycles. The number of halogens is 2. The molecule has 0 N–H and O–H groups in total. The summed E-state index contributed by atoms with van der Waals surface area (Å²) in [6.07, 6.45) is 4.59. The molecule has 0 heterocycles. The van der Waals surface area contributed by atoms with Gasteiger partial charge in [-0.05, 0) is 56.3 Å². The quantitative estimate of drug-likeness (QED) is 0.304. The van der Waals surface area contributed by atoms with E-state index in [9.17, 15) is 0 Å². The minimum absolute atomic E-state index is 1.04. The summed E-state index contributed by atoms with van der Waals surface area (Å²) in [5.41, 5.74) is 2.60. The standard InChI is InChI=1S/C18H16I2S/c19-17(15-7-3-1-4-8-15)11-13-21-14-12-18(20)16-9-5-2-6-10-16/h1-12H,13-14H2/b17-11-,18-12-. The Morgan fingerprint density at radius 3 is 1.48 bits per heavy atom. The fraction of sp³-hybridized carbons (Fsp3) is 0.111. The molecule has 2 aromatic carbocycles. The Morgan fingerprint density at radius 1 is 0.714 bits per heavy atom. The highest BCUT2D eigenvalue weighted by Gasteiger charge is 1.96. The number of benzene rings is 2. The number of hydrogen-bond donors (Lipinski definition) is 0. The normalized spacial score (nSPS) is 12.5. The van der Waals surface area contributed by atoms with E-state index in [1.54, 1.807) is 0 Å². The van der Waals surface area contributed by atoms with E-state index in [4.69, 9.17) is 0 Å². The van der Waals surface area contributed by atoms with Crippen molar-refractivity contribution in [1.29, 1.82) is 0 Å². The molecule has 108 valence electrons. The van der Waals surface area contributed by atoms with Gasteiger partial charge in [-0.1, -0.05) is 72.8 Å². The van der Waals surface area contributed by atoms with Gasteiger partial charge in [0.15, 0.2) is 0 Å². The monoisotopic (exact) mass is 518 g/mol. The Labute approximate surface area is 158 Å². The lowest BCUT2D eigenvalue weighted by Crippen LogP contribution is -1.81. The maximum atomic E-state index is 2.41. The molecule has 0 radical (unpaired) electrons. The molecule has 0 aliphatic carbocycles. The Hall–Kier alpha value is -0.270. The molecule has 0 spiro atoms. The Balaban J connectivity index is 1.80. The second kappa shape index (κ2) is 9.69. The molecule has 21 heavy (non-hydrogen) atoms. The van der Waals surface area contributed by atoms with Crippen LogP contribution < -0.4 is 0 Å². The molecule has 0 amide bonds. The van der Waals surface area contributed by atoms with Crippen LogP contribution in [-0.4, -0.2) is 11.5 Å². The van der Waals surface area contributed by atoms with E-state index in [0.29, 0.717) is 0 Å². The van der Waals surface area contributed by atoms with Crippen LogP contribution in [0.2, 0.25) is 0 Å². The Bertz CT molecular complexity index is 548. The van der Waals surface area contributed by atoms with Crippen molar-refractivity contribution >= 4 is 64.1 Å². The van der Waals surface area contributed by atoms with Crippen molar-refractivity contribution in [3.63, 3.8) is 0 Å². The second-order valence-electron chi connectivity index (χ2n) is 4.37. The minimum atomic E-state index is 1.04. The SMILES string of the molecule is I/C(=C\CSC/C=C(\I)c1ccccc1)c1ccccc1. The van der Waals surface area contributed by atoms with Gasteiger partial charge < -0.3 is 0 Å². The van der Waals surface area contributed by atoms with E-state index in [0.717, 1.165) is 11.5 Å². The molecule has 0 fully saturated rings. The Morgan fingerprint density at radius 2 is 1.10 bits per heavy atom. The summed E-state index contributed by atoms with van der Waals surface area (Å²) in [4.78, 5) is 0. The van der Waals surface area contributed by atoms with E-state index in [1.807, 2.05) is 11.8 Å². The van der Waals surface area contributed by atoms with Gasteiger partial charge in [0.25, 0.3) is 0 Å². The van der Waals surface area contributed by atoms with E-state index in [1.165, 1.54) is 18.3 Å². The van der Waals surface area contributed by atoms with Gasteiger partial charge in [0.1, 0.15) is 0 Å². The number of hydrogen-bond acceptors (Lipinski definition) is 1. The van der Waals surface area contributed by atoms with Crippen LogP contribution in [0.1, 0.15) is 11.1 Å². The van der Waals surface area contributed by atoms with E-state index >= 15 is 0 Å². The lowest BCUT2D eigenvalue weighted by molar-refractivity contribution is 1.63. The summed E-state index contributed by atoms with van der Waals surface area (Å²) in [5, 5.41) is 0. The van der Waals surface area contributed by atoms with Crippen molar-refractivity contribution in [2.24, 2.45) is 0 Å². The van der Waals surface area contributed by atoms with Crippen LogP contribution in [0.15, 0.2) is 72.8 Å². The minimum Gasteiger partial charge on any atom is -0.154 e. The predicted molar refractivity (Wildman–Crippen MR) is 114 cm³/mol. The van der Waals surface area contributed by atoms with Crippen molar-refractivity contribution in [2.75, 3.05) is 11.5 Å².